The Balaban J connectivity index is 2.01. The SMILES string of the molecule is CCCCCCCC(Br)Cc1ncc[nH]1. The zero-order chi connectivity index (χ0) is 10.9. The van der Waals surface area contributed by atoms with Crippen molar-refractivity contribution in [3.63, 3.8) is 0 Å². The molecule has 1 rings (SSSR count). The molecule has 1 atom stereocenters. The van der Waals surface area contributed by atoms with E-state index < -0.39 is 0 Å². The molecule has 0 fully saturated rings. The molecule has 0 saturated carbocycles. The number of aromatic amines is 1. The van der Waals surface area contributed by atoms with Gasteiger partial charge in [0.2, 0.25) is 0 Å². The van der Waals surface area contributed by atoms with Crippen LogP contribution in [0, 0.1) is 0 Å². The Bertz CT molecular complexity index is 234. The number of nitrogens with zero attached hydrogens (tertiary/aromatic N) is 1. The molecule has 15 heavy (non-hydrogen) atoms. The zero-order valence-corrected chi connectivity index (χ0v) is 11.1. The van der Waals surface area contributed by atoms with Crippen LogP contribution in [-0.4, -0.2) is 14.8 Å². The van der Waals surface area contributed by atoms with Gasteiger partial charge in [0.15, 0.2) is 0 Å². The van der Waals surface area contributed by atoms with Gasteiger partial charge >= 0.3 is 0 Å². The Morgan fingerprint density at radius 3 is 2.80 bits per heavy atom. The van der Waals surface area contributed by atoms with Crippen molar-refractivity contribution in [2.45, 2.75) is 56.7 Å². The summed E-state index contributed by atoms with van der Waals surface area (Å²) in [4.78, 5) is 7.94. The van der Waals surface area contributed by atoms with Crippen LogP contribution in [0.3, 0.4) is 0 Å². The molecule has 0 aliphatic heterocycles. The third-order valence-corrected chi connectivity index (χ3v) is 3.37. The molecule has 0 spiro atoms. The smallest absolute Gasteiger partial charge is 0.107 e. The first-order chi connectivity index (χ1) is 7.33. The number of aromatic nitrogens is 2. The van der Waals surface area contributed by atoms with E-state index in [2.05, 4.69) is 32.8 Å². The van der Waals surface area contributed by atoms with Gasteiger partial charge in [-0.25, -0.2) is 4.98 Å². The lowest BCUT2D eigenvalue weighted by Crippen LogP contribution is -2.04. The van der Waals surface area contributed by atoms with Gasteiger partial charge in [0.25, 0.3) is 0 Å². The molecule has 0 aliphatic carbocycles. The van der Waals surface area contributed by atoms with Crippen LogP contribution < -0.4 is 0 Å². The van der Waals surface area contributed by atoms with Crippen molar-refractivity contribution < 1.29 is 0 Å². The fraction of sp³-hybridized carbons (Fsp3) is 0.750. The third kappa shape index (κ3) is 5.98. The molecule has 0 radical (unpaired) electrons. The summed E-state index contributed by atoms with van der Waals surface area (Å²) in [7, 11) is 0. The fourth-order valence-electron chi connectivity index (χ4n) is 1.69. The van der Waals surface area contributed by atoms with Crippen LogP contribution >= 0.6 is 15.9 Å². The fourth-order valence-corrected chi connectivity index (χ4v) is 2.32. The molecular weight excluding hydrogens is 252 g/mol. The van der Waals surface area contributed by atoms with Gasteiger partial charge < -0.3 is 4.98 Å². The van der Waals surface area contributed by atoms with Crippen molar-refractivity contribution in [3.8, 4) is 0 Å². The van der Waals surface area contributed by atoms with Crippen LogP contribution in [0.4, 0.5) is 0 Å². The molecule has 0 aromatic carbocycles. The van der Waals surface area contributed by atoms with Gasteiger partial charge in [0.1, 0.15) is 5.82 Å². The van der Waals surface area contributed by atoms with Gasteiger partial charge in [0.05, 0.1) is 0 Å². The van der Waals surface area contributed by atoms with Crippen molar-refractivity contribution in [2.75, 3.05) is 0 Å². The molecule has 0 saturated heterocycles. The van der Waals surface area contributed by atoms with E-state index in [4.69, 9.17) is 0 Å². The van der Waals surface area contributed by atoms with Gasteiger partial charge in [-0.2, -0.15) is 0 Å². The summed E-state index contributed by atoms with van der Waals surface area (Å²) in [5, 5.41) is 0. The monoisotopic (exact) mass is 272 g/mol. The second kappa shape index (κ2) is 7.91. The maximum absolute atomic E-state index is 4.23. The van der Waals surface area contributed by atoms with Gasteiger partial charge in [-0.15, -0.1) is 0 Å². The first-order valence-corrected chi connectivity index (χ1v) is 6.86. The van der Waals surface area contributed by atoms with Crippen molar-refractivity contribution in [1.82, 2.24) is 9.97 Å². The summed E-state index contributed by atoms with van der Waals surface area (Å²) >= 11 is 3.71. The molecule has 3 heteroatoms. The van der Waals surface area contributed by atoms with E-state index in [0.29, 0.717) is 4.83 Å². The lowest BCUT2D eigenvalue weighted by molar-refractivity contribution is 0.595. The second-order valence-electron chi connectivity index (χ2n) is 4.04. The normalized spacial score (nSPS) is 12.9. The number of hydrogen-bond acceptors (Lipinski definition) is 1. The number of hydrogen-bond donors (Lipinski definition) is 1. The van der Waals surface area contributed by atoms with Crippen LogP contribution in [0.2, 0.25) is 0 Å². The predicted molar refractivity (Wildman–Crippen MR) is 68.4 cm³/mol. The minimum absolute atomic E-state index is 0.574. The summed E-state index contributed by atoms with van der Waals surface area (Å²) < 4.78 is 0. The van der Waals surface area contributed by atoms with Crippen molar-refractivity contribution in [1.29, 1.82) is 0 Å². The van der Waals surface area contributed by atoms with E-state index in [0.717, 1.165) is 12.2 Å². The van der Waals surface area contributed by atoms with E-state index in [-0.39, 0.29) is 0 Å². The van der Waals surface area contributed by atoms with Crippen LogP contribution in [0.25, 0.3) is 0 Å². The largest absolute Gasteiger partial charge is 0.349 e. The maximum atomic E-state index is 4.23. The van der Waals surface area contributed by atoms with Gasteiger partial charge in [0, 0.05) is 23.6 Å². The minimum Gasteiger partial charge on any atom is -0.349 e. The Kier molecular flexibility index (Phi) is 6.73. The predicted octanol–water partition coefficient (Wildman–Crippen LogP) is 4.08. The molecular formula is C12H21BrN2. The van der Waals surface area contributed by atoms with E-state index in [1.165, 1.54) is 38.5 Å². The topological polar surface area (TPSA) is 28.7 Å². The molecule has 86 valence electrons. The van der Waals surface area contributed by atoms with Crippen LogP contribution in [0.1, 0.15) is 51.3 Å². The van der Waals surface area contributed by atoms with Crippen molar-refractivity contribution >= 4 is 15.9 Å². The number of nitrogens with one attached hydrogen (secondary N) is 1. The van der Waals surface area contributed by atoms with Crippen LogP contribution in [0.15, 0.2) is 12.4 Å². The molecule has 0 amide bonds. The molecule has 1 aromatic heterocycles. The van der Waals surface area contributed by atoms with E-state index in [9.17, 15) is 0 Å². The molecule has 1 N–H and O–H groups in total. The van der Waals surface area contributed by atoms with Crippen molar-refractivity contribution in [2.24, 2.45) is 0 Å². The number of unbranched alkanes of at least 4 members (excludes halogenated alkanes) is 4. The van der Waals surface area contributed by atoms with Crippen LogP contribution in [0.5, 0.6) is 0 Å². The Labute approximate surface area is 101 Å². The lowest BCUT2D eigenvalue weighted by atomic mass is 10.1. The molecule has 1 heterocycles. The molecule has 1 unspecified atom stereocenters. The summed E-state index contributed by atoms with van der Waals surface area (Å²) in [5.41, 5.74) is 0. The summed E-state index contributed by atoms with van der Waals surface area (Å²) in [6.07, 6.45) is 12.8. The number of rotatable bonds is 8. The first-order valence-electron chi connectivity index (χ1n) is 5.95. The first kappa shape index (κ1) is 12.8. The highest BCUT2D eigenvalue weighted by Crippen LogP contribution is 2.15. The minimum atomic E-state index is 0.574. The lowest BCUT2D eigenvalue weighted by Gasteiger charge is -2.07. The molecule has 0 aliphatic rings. The molecule has 0 bridgehead atoms. The highest BCUT2D eigenvalue weighted by molar-refractivity contribution is 9.09. The average Bonchev–Trinajstić information content (AvgIpc) is 2.70. The zero-order valence-electron chi connectivity index (χ0n) is 9.51. The standard InChI is InChI=1S/C12H21BrN2/c1-2-3-4-5-6-7-11(13)10-12-14-8-9-15-12/h8-9,11H,2-7,10H2,1H3,(H,14,15). The number of imidazole rings is 1. The quantitative estimate of drug-likeness (QED) is 0.561. The summed E-state index contributed by atoms with van der Waals surface area (Å²) in [5.74, 6) is 1.09. The Morgan fingerprint density at radius 1 is 1.33 bits per heavy atom. The van der Waals surface area contributed by atoms with E-state index >= 15 is 0 Å². The summed E-state index contributed by atoms with van der Waals surface area (Å²) in [6.45, 7) is 2.25. The maximum Gasteiger partial charge on any atom is 0.107 e. The third-order valence-electron chi connectivity index (χ3n) is 2.59. The molecule has 1 aromatic rings. The number of H-pyrrole nitrogens is 1. The van der Waals surface area contributed by atoms with E-state index in [1.807, 2.05) is 12.4 Å². The number of halogens is 1. The second-order valence-corrected chi connectivity index (χ2v) is 5.34. The van der Waals surface area contributed by atoms with Gasteiger partial charge in [-0.1, -0.05) is 55.0 Å². The highest BCUT2D eigenvalue weighted by Gasteiger charge is 2.06. The molecule has 2 nitrogen and oxygen atoms in total. The summed E-state index contributed by atoms with van der Waals surface area (Å²) in [6, 6.07) is 0. The van der Waals surface area contributed by atoms with Crippen molar-refractivity contribution in [3.05, 3.63) is 18.2 Å². The Hall–Kier alpha value is -0.310. The van der Waals surface area contributed by atoms with E-state index in [1.54, 1.807) is 0 Å². The Morgan fingerprint density at radius 2 is 2.13 bits per heavy atom. The van der Waals surface area contributed by atoms with Gasteiger partial charge in [-0.05, 0) is 6.42 Å². The van der Waals surface area contributed by atoms with Crippen LogP contribution in [-0.2, 0) is 6.42 Å². The van der Waals surface area contributed by atoms with Gasteiger partial charge in [-0.3, -0.25) is 0 Å². The highest BCUT2D eigenvalue weighted by atomic mass is 79.9. The number of alkyl halides is 1. The average molecular weight is 273 g/mol.